The van der Waals surface area contributed by atoms with Gasteiger partial charge in [-0.25, -0.2) is 4.98 Å². The number of halogens is 3. The van der Waals surface area contributed by atoms with Crippen molar-refractivity contribution in [2.75, 3.05) is 43.4 Å². The van der Waals surface area contributed by atoms with Crippen LogP contribution in [0.1, 0.15) is 38.2 Å². The summed E-state index contributed by atoms with van der Waals surface area (Å²) in [4.78, 5) is 35.0. The van der Waals surface area contributed by atoms with Crippen LogP contribution >= 0.6 is 0 Å². The van der Waals surface area contributed by atoms with Crippen LogP contribution in [0.3, 0.4) is 0 Å². The van der Waals surface area contributed by atoms with E-state index in [1.54, 1.807) is 13.0 Å². The van der Waals surface area contributed by atoms with Crippen LogP contribution in [0.5, 0.6) is 5.75 Å². The van der Waals surface area contributed by atoms with E-state index in [2.05, 4.69) is 30.2 Å². The topological polar surface area (TPSA) is 126 Å². The molecule has 14 heteroatoms. The second-order valence-electron chi connectivity index (χ2n) is 9.79. The summed E-state index contributed by atoms with van der Waals surface area (Å²) in [5, 5.41) is 17.5. The minimum Gasteiger partial charge on any atom is -0.405 e. The van der Waals surface area contributed by atoms with Gasteiger partial charge in [-0.3, -0.25) is 19.8 Å². The first-order valence-electron chi connectivity index (χ1n) is 12.9. The maximum absolute atomic E-state index is 12.7. The summed E-state index contributed by atoms with van der Waals surface area (Å²) in [7, 11) is 0. The molecule has 1 aliphatic heterocycles. The van der Waals surface area contributed by atoms with Crippen molar-refractivity contribution in [3.05, 3.63) is 46.1 Å². The summed E-state index contributed by atoms with van der Waals surface area (Å²) in [5.41, 5.74) is -0.0517. The van der Waals surface area contributed by atoms with Crippen molar-refractivity contribution in [2.24, 2.45) is 5.92 Å². The Labute approximate surface area is 223 Å². The number of anilines is 2. The van der Waals surface area contributed by atoms with Gasteiger partial charge in [0.15, 0.2) is 0 Å². The molecule has 4 rings (SSSR count). The van der Waals surface area contributed by atoms with Gasteiger partial charge in [0.2, 0.25) is 17.7 Å². The molecule has 1 aromatic carbocycles. The number of nitrogens with zero attached hydrogens (tertiary/aromatic N) is 5. The predicted octanol–water partition coefficient (Wildman–Crippen LogP) is 4.03. The highest BCUT2D eigenvalue weighted by Crippen LogP contribution is 2.30. The molecule has 1 aromatic heterocycles. The van der Waals surface area contributed by atoms with E-state index in [4.69, 9.17) is 0 Å². The number of benzene rings is 1. The highest BCUT2D eigenvalue weighted by molar-refractivity contribution is 5.73. The number of aromatic nitrogens is 2. The summed E-state index contributed by atoms with van der Waals surface area (Å²) in [6.45, 7) is 5.29. The number of carbonyl (C=O) groups is 1. The van der Waals surface area contributed by atoms with Gasteiger partial charge in [-0.2, -0.15) is 4.98 Å². The van der Waals surface area contributed by atoms with Crippen LogP contribution in [0.15, 0.2) is 30.5 Å². The lowest BCUT2D eigenvalue weighted by Crippen LogP contribution is -2.52. The molecule has 11 nitrogen and oxygen atoms in total. The first-order chi connectivity index (χ1) is 18.6. The monoisotopic (exact) mass is 551 g/mol. The number of hydrogen-bond donors (Lipinski definition) is 2. The van der Waals surface area contributed by atoms with E-state index in [9.17, 15) is 28.1 Å². The van der Waals surface area contributed by atoms with Gasteiger partial charge in [-0.15, -0.1) is 13.2 Å². The van der Waals surface area contributed by atoms with Gasteiger partial charge in [0.1, 0.15) is 11.9 Å². The molecular weight excluding hydrogens is 519 g/mol. The van der Waals surface area contributed by atoms with Gasteiger partial charge in [0.25, 0.3) is 0 Å². The fourth-order valence-corrected chi connectivity index (χ4v) is 5.13. The second-order valence-corrected chi connectivity index (χ2v) is 9.79. The summed E-state index contributed by atoms with van der Waals surface area (Å²) >= 11 is 0. The zero-order valence-corrected chi connectivity index (χ0v) is 21.6. The number of para-hydroxylation sites is 1. The number of nitro groups is 1. The van der Waals surface area contributed by atoms with Crippen LogP contribution in [-0.4, -0.2) is 75.7 Å². The average Bonchev–Trinajstić information content (AvgIpc) is 2.91. The van der Waals surface area contributed by atoms with Crippen LogP contribution in [0.4, 0.5) is 30.6 Å². The highest BCUT2D eigenvalue weighted by Gasteiger charge is 2.32. The molecule has 2 heterocycles. The van der Waals surface area contributed by atoms with Crippen LogP contribution in [0.25, 0.3) is 0 Å². The fourth-order valence-electron chi connectivity index (χ4n) is 5.13. The minimum atomic E-state index is -4.83. The summed E-state index contributed by atoms with van der Waals surface area (Å²) in [6.07, 6.45) is 0.207. The third-order valence-corrected chi connectivity index (χ3v) is 7.25. The number of alkyl halides is 3. The molecule has 2 fully saturated rings. The molecule has 0 radical (unpaired) electrons. The van der Waals surface area contributed by atoms with Crippen molar-refractivity contribution >= 4 is 23.4 Å². The van der Waals surface area contributed by atoms with E-state index in [-0.39, 0.29) is 41.2 Å². The largest absolute Gasteiger partial charge is 0.573 e. The lowest BCUT2D eigenvalue weighted by atomic mass is 9.85. The molecule has 39 heavy (non-hydrogen) atoms. The fraction of sp³-hybridized carbons (Fsp3) is 0.560. The Hall–Kier alpha value is -3.68. The number of nitrogens with one attached hydrogen (secondary N) is 2. The van der Waals surface area contributed by atoms with Crippen LogP contribution in [0, 0.1) is 16.0 Å². The molecule has 212 valence electrons. The molecular formula is C25H32F3N7O4. The quantitative estimate of drug-likeness (QED) is 0.351. The Morgan fingerprint density at radius 2 is 1.82 bits per heavy atom. The van der Waals surface area contributed by atoms with Crippen molar-refractivity contribution in [3.63, 3.8) is 0 Å². The average molecular weight is 552 g/mol. The molecule has 1 aliphatic carbocycles. The molecule has 0 atom stereocenters. The Morgan fingerprint density at radius 1 is 1.13 bits per heavy atom. The number of piperazine rings is 1. The lowest BCUT2D eigenvalue weighted by Gasteiger charge is -2.41. The zero-order chi connectivity index (χ0) is 28.0. The van der Waals surface area contributed by atoms with E-state index in [1.165, 1.54) is 18.2 Å². The normalized spacial score (nSPS) is 20.4. The van der Waals surface area contributed by atoms with Gasteiger partial charge in [-0.05, 0) is 37.7 Å². The Bertz CT molecular complexity index is 1150. The number of amides is 1. The van der Waals surface area contributed by atoms with Gasteiger partial charge in [-0.1, -0.05) is 18.2 Å². The van der Waals surface area contributed by atoms with Gasteiger partial charge < -0.3 is 20.3 Å². The van der Waals surface area contributed by atoms with E-state index in [0.717, 1.165) is 58.1 Å². The summed E-state index contributed by atoms with van der Waals surface area (Å²) in [5.74, 6) is 0.172. The van der Waals surface area contributed by atoms with Crippen molar-refractivity contribution in [2.45, 2.75) is 51.6 Å². The zero-order valence-electron chi connectivity index (χ0n) is 21.6. The number of ether oxygens (including phenoxy) is 1. The summed E-state index contributed by atoms with van der Waals surface area (Å²) in [6, 6.07) is 6.15. The highest BCUT2D eigenvalue weighted by atomic mass is 19.4. The summed E-state index contributed by atoms with van der Waals surface area (Å²) < 4.78 is 42.2. The molecule has 1 saturated carbocycles. The number of carbonyl (C=O) groups excluding carboxylic acids is 1. The molecule has 2 aliphatic rings. The second kappa shape index (κ2) is 12.5. The van der Waals surface area contributed by atoms with Crippen LogP contribution < -0.4 is 15.4 Å². The molecule has 0 unspecified atom stereocenters. The van der Waals surface area contributed by atoms with Gasteiger partial charge in [0, 0.05) is 57.8 Å². The standard InChI is InChI=1S/C25H32F3N7O4/c1-17(36)33-10-12-34(13-11-33)20-8-6-18(7-9-20)14-29-23-21(35(37)38)16-31-24(32-23)30-15-19-4-2-3-5-22(19)39-25(26,27)28/h2-5,16,18,20H,6-15H2,1H3,(H2,29,30,31,32)/t18-,20-. The molecule has 0 spiro atoms. The molecule has 2 N–H and O–H groups in total. The van der Waals surface area contributed by atoms with Gasteiger partial charge >= 0.3 is 12.0 Å². The van der Waals surface area contributed by atoms with Crippen LogP contribution in [-0.2, 0) is 11.3 Å². The van der Waals surface area contributed by atoms with Crippen molar-refractivity contribution < 1.29 is 27.6 Å². The van der Waals surface area contributed by atoms with Crippen LogP contribution in [0.2, 0.25) is 0 Å². The van der Waals surface area contributed by atoms with Crippen molar-refractivity contribution in [1.29, 1.82) is 0 Å². The Morgan fingerprint density at radius 3 is 2.46 bits per heavy atom. The molecule has 1 amide bonds. The third kappa shape index (κ3) is 7.91. The van der Waals surface area contributed by atoms with E-state index in [0.29, 0.717) is 18.5 Å². The van der Waals surface area contributed by atoms with Gasteiger partial charge in [0.05, 0.1) is 4.92 Å². The Balaban J connectivity index is 1.31. The third-order valence-electron chi connectivity index (χ3n) is 7.25. The van der Waals surface area contributed by atoms with Crippen molar-refractivity contribution in [3.8, 4) is 5.75 Å². The smallest absolute Gasteiger partial charge is 0.405 e. The van der Waals surface area contributed by atoms with E-state index >= 15 is 0 Å². The van der Waals surface area contributed by atoms with E-state index in [1.807, 2.05) is 4.90 Å². The Kier molecular flexibility index (Phi) is 9.04. The maximum Gasteiger partial charge on any atom is 0.573 e. The number of rotatable bonds is 9. The molecule has 0 bridgehead atoms. The minimum absolute atomic E-state index is 0.0401. The lowest BCUT2D eigenvalue weighted by molar-refractivity contribution is -0.384. The molecule has 2 aromatic rings. The number of hydrogen-bond acceptors (Lipinski definition) is 9. The first-order valence-corrected chi connectivity index (χ1v) is 12.9. The van der Waals surface area contributed by atoms with E-state index < -0.39 is 11.3 Å². The predicted molar refractivity (Wildman–Crippen MR) is 137 cm³/mol. The maximum atomic E-state index is 12.7. The first kappa shape index (κ1) is 28.3. The SMILES string of the molecule is CC(=O)N1CCN([C@H]2CC[C@H](CNc3nc(NCc4ccccc4OC(F)(F)F)ncc3[N+](=O)[O-])CC2)CC1. The molecule has 1 saturated heterocycles. The van der Waals surface area contributed by atoms with Crippen molar-refractivity contribution in [1.82, 2.24) is 19.8 Å².